The minimum absolute atomic E-state index is 0.00345. The Balaban J connectivity index is 1.71. The van der Waals surface area contributed by atoms with Crippen LogP contribution in [-0.4, -0.2) is 51.9 Å². The summed E-state index contributed by atoms with van der Waals surface area (Å²) in [5.41, 5.74) is 2.61. The van der Waals surface area contributed by atoms with E-state index in [2.05, 4.69) is 9.98 Å². The van der Waals surface area contributed by atoms with Gasteiger partial charge in [0.25, 0.3) is 0 Å². The summed E-state index contributed by atoms with van der Waals surface area (Å²) in [6.45, 7) is -0.190. The third-order valence-electron chi connectivity index (χ3n) is 3.18. The summed E-state index contributed by atoms with van der Waals surface area (Å²) in [6, 6.07) is 4.53. The smallest absolute Gasteiger partial charge is 0.331 e. The maximum Gasteiger partial charge on any atom is 0.331 e. The highest BCUT2D eigenvalue weighted by atomic mass is 32.2. The molecule has 0 fully saturated rings. The Labute approximate surface area is 125 Å². The Hall–Kier alpha value is -1.86. The monoisotopic (exact) mass is 306 g/mol. The summed E-state index contributed by atoms with van der Waals surface area (Å²) in [4.78, 5) is 20.6. The van der Waals surface area contributed by atoms with E-state index in [-0.39, 0.29) is 19.0 Å². The van der Waals surface area contributed by atoms with Gasteiger partial charge < -0.3 is 14.9 Å². The van der Waals surface area contributed by atoms with Gasteiger partial charge in [-0.05, 0) is 23.8 Å². The van der Waals surface area contributed by atoms with E-state index in [0.717, 1.165) is 22.0 Å². The van der Waals surface area contributed by atoms with E-state index in [4.69, 9.17) is 9.84 Å². The minimum Gasteiger partial charge on any atom is -0.508 e. The lowest BCUT2D eigenvalue weighted by atomic mass is 10.1. The molecule has 3 rings (SSSR count). The van der Waals surface area contributed by atoms with E-state index >= 15 is 0 Å². The number of aliphatic hydroxyl groups excluding tert-OH is 1. The number of ether oxygens (including phenoxy) is 1. The largest absolute Gasteiger partial charge is 0.508 e. The number of aliphatic hydroxyl groups is 1. The van der Waals surface area contributed by atoms with Crippen LogP contribution in [0.4, 0.5) is 5.69 Å². The molecule has 6 nitrogen and oxygen atoms in total. The number of nitrogens with zero attached hydrogens (tertiary/aromatic N) is 2. The molecule has 21 heavy (non-hydrogen) atoms. The van der Waals surface area contributed by atoms with Crippen molar-refractivity contribution >= 4 is 34.2 Å². The Morgan fingerprint density at radius 2 is 2.33 bits per heavy atom. The van der Waals surface area contributed by atoms with E-state index in [1.165, 1.54) is 11.8 Å². The lowest BCUT2D eigenvalue weighted by Crippen LogP contribution is -2.23. The molecule has 0 amide bonds. The zero-order chi connectivity index (χ0) is 14.8. The van der Waals surface area contributed by atoms with Gasteiger partial charge in [0.15, 0.2) is 6.04 Å². The summed E-state index contributed by atoms with van der Waals surface area (Å²) in [7, 11) is 0. The molecule has 0 unspecified atom stereocenters. The van der Waals surface area contributed by atoms with Crippen LogP contribution >= 0.6 is 11.8 Å². The van der Waals surface area contributed by atoms with Crippen LogP contribution in [0, 0.1) is 0 Å². The highest BCUT2D eigenvalue weighted by Gasteiger charge is 2.30. The van der Waals surface area contributed by atoms with Crippen LogP contribution in [-0.2, 0) is 16.0 Å². The number of benzene rings is 1. The molecular formula is C14H14N2O4S. The van der Waals surface area contributed by atoms with Crippen molar-refractivity contribution in [2.24, 2.45) is 9.98 Å². The molecule has 0 saturated heterocycles. The standard InChI is InChI=1S/C14H14N2O4S/c17-3-4-20-14(19)12-7-21-13(16-12)11-6-8-5-9(18)1-2-10(8)15-11/h1-2,5,12,17-18H,3-4,6-7H2/t12-/m1/s1. The van der Waals surface area contributed by atoms with Crippen LogP contribution < -0.4 is 0 Å². The first kappa shape index (κ1) is 14.1. The molecule has 1 atom stereocenters. The van der Waals surface area contributed by atoms with Crippen molar-refractivity contribution in [2.45, 2.75) is 12.5 Å². The number of carbonyl (C=O) groups excluding carboxylic acids is 1. The summed E-state index contributed by atoms with van der Waals surface area (Å²) in [5.74, 6) is 0.331. The summed E-state index contributed by atoms with van der Waals surface area (Å²) < 4.78 is 4.88. The molecule has 2 aliphatic heterocycles. The van der Waals surface area contributed by atoms with Gasteiger partial charge in [0.1, 0.15) is 17.4 Å². The van der Waals surface area contributed by atoms with Gasteiger partial charge in [-0.25, -0.2) is 9.79 Å². The Bertz CT molecular complexity index is 642. The number of hydrogen-bond donors (Lipinski definition) is 2. The van der Waals surface area contributed by atoms with Gasteiger partial charge in [-0.2, -0.15) is 0 Å². The van der Waals surface area contributed by atoms with Gasteiger partial charge in [0.2, 0.25) is 0 Å². The third kappa shape index (κ3) is 2.93. The van der Waals surface area contributed by atoms with E-state index in [1.807, 2.05) is 0 Å². The number of hydrogen-bond acceptors (Lipinski definition) is 7. The lowest BCUT2D eigenvalue weighted by molar-refractivity contribution is -0.145. The van der Waals surface area contributed by atoms with Crippen molar-refractivity contribution < 1.29 is 19.7 Å². The number of phenols is 1. The Morgan fingerprint density at radius 1 is 1.48 bits per heavy atom. The van der Waals surface area contributed by atoms with E-state index in [0.29, 0.717) is 12.2 Å². The van der Waals surface area contributed by atoms with E-state index in [9.17, 15) is 9.90 Å². The fourth-order valence-corrected chi connectivity index (χ4v) is 3.22. The number of carbonyl (C=O) groups is 1. The van der Waals surface area contributed by atoms with Crippen molar-refractivity contribution in [3.8, 4) is 5.75 Å². The molecule has 0 spiro atoms. The van der Waals surface area contributed by atoms with Crippen molar-refractivity contribution in [1.82, 2.24) is 0 Å². The summed E-state index contributed by atoms with van der Waals surface area (Å²) in [6.07, 6.45) is 0.605. The van der Waals surface area contributed by atoms with Gasteiger partial charge in [0.05, 0.1) is 18.0 Å². The van der Waals surface area contributed by atoms with Crippen LogP contribution in [0.5, 0.6) is 5.75 Å². The summed E-state index contributed by atoms with van der Waals surface area (Å²) in [5, 5.41) is 18.9. The summed E-state index contributed by atoms with van der Waals surface area (Å²) >= 11 is 1.48. The predicted octanol–water partition coefficient (Wildman–Crippen LogP) is 1.07. The molecule has 110 valence electrons. The first-order valence-corrected chi connectivity index (χ1v) is 7.54. The van der Waals surface area contributed by atoms with Crippen molar-refractivity contribution in [2.75, 3.05) is 19.0 Å². The second-order valence-corrected chi connectivity index (χ2v) is 5.71. The van der Waals surface area contributed by atoms with E-state index in [1.54, 1.807) is 18.2 Å². The van der Waals surface area contributed by atoms with Crippen LogP contribution in [0.2, 0.25) is 0 Å². The highest BCUT2D eigenvalue weighted by Crippen LogP contribution is 2.32. The average Bonchev–Trinajstić information content (AvgIpc) is 3.10. The van der Waals surface area contributed by atoms with Gasteiger partial charge >= 0.3 is 5.97 Å². The number of aliphatic imine (C=N–C) groups is 2. The molecule has 0 aromatic heterocycles. The average molecular weight is 306 g/mol. The van der Waals surface area contributed by atoms with Crippen molar-refractivity contribution in [1.29, 1.82) is 0 Å². The maximum atomic E-state index is 11.7. The molecule has 0 bridgehead atoms. The first-order chi connectivity index (χ1) is 10.2. The SMILES string of the molecule is O=C(OCCO)[C@H]1CSC(C2=Nc3ccc(O)cc3C2)=N1. The fourth-order valence-electron chi connectivity index (χ4n) is 2.21. The number of rotatable bonds is 4. The zero-order valence-corrected chi connectivity index (χ0v) is 12.0. The number of thioether (sulfide) groups is 1. The van der Waals surface area contributed by atoms with Crippen molar-refractivity contribution in [3.05, 3.63) is 23.8 Å². The Kier molecular flexibility index (Phi) is 3.94. The normalized spacial score (nSPS) is 20.0. The molecule has 0 aliphatic carbocycles. The van der Waals surface area contributed by atoms with Crippen LogP contribution in [0.15, 0.2) is 28.2 Å². The predicted molar refractivity (Wildman–Crippen MR) is 80.6 cm³/mol. The van der Waals surface area contributed by atoms with Gasteiger partial charge in [-0.1, -0.05) is 0 Å². The van der Waals surface area contributed by atoms with Crippen LogP contribution in [0.25, 0.3) is 0 Å². The molecule has 0 saturated carbocycles. The van der Waals surface area contributed by atoms with Crippen LogP contribution in [0.3, 0.4) is 0 Å². The number of esters is 1. The number of phenolic OH excluding ortho intramolecular Hbond substituents is 1. The molecule has 2 N–H and O–H groups in total. The number of aromatic hydroxyl groups is 1. The molecule has 7 heteroatoms. The molecule has 1 aromatic rings. The third-order valence-corrected chi connectivity index (χ3v) is 4.28. The second-order valence-electron chi connectivity index (χ2n) is 4.70. The number of fused-ring (bicyclic) bond motifs is 1. The quantitative estimate of drug-likeness (QED) is 0.812. The van der Waals surface area contributed by atoms with Crippen LogP contribution in [0.1, 0.15) is 5.56 Å². The molecule has 0 radical (unpaired) electrons. The molecular weight excluding hydrogens is 292 g/mol. The zero-order valence-electron chi connectivity index (χ0n) is 11.2. The topological polar surface area (TPSA) is 91.5 Å². The molecule has 2 heterocycles. The highest BCUT2D eigenvalue weighted by molar-refractivity contribution is 8.16. The lowest BCUT2D eigenvalue weighted by Gasteiger charge is -2.04. The Morgan fingerprint density at radius 3 is 3.14 bits per heavy atom. The molecule has 2 aliphatic rings. The minimum atomic E-state index is -0.531. The molecule has 1 aromatic carbocycles. The fraction of sp³-hybridized carbons (Fsp3) is 0.357. The maximum absolute atomic E-state index is 11.7. The van der Waals surface area contributed by atoms with Gasteiger partial charge in [-0.3, -0.25) is 4.99 Å². The van der Waals surface area contributed by atoms with Gasteiger partial charge in [0, 0.05) is 12.2 Å². The first-order valence-electron chi connectivity index (χ1n) is 6.55. The van der Waals surface area contributed by atoms with Crippen molar-refractivity contribution in [3.63, 3.8) is 0 Å². The second kappa shape index (κ2) is 5.87. The van der Waals surface area contributed by atoms with E-state index < -0.39 is 12.0 Å². The van der Waals surface area contributed by atoms with Gasteiger partial charge in [-0.15, -0.1) is 11.8 Å².